The van der Waals surface area contributed by atoms with E-state index in [9.17, 15) is 13.2 Å². The zero-order valence-electron chi connectivity index (χ0n) is 10.7. The van der Waals surface area contributed by atoms with Gasteiger partial charge in [0.15, 0.2) is 14.9 Å². The molecule has 0 aromatic carbocycles. The summed E-state index contributed by atoms with van der Waals surface area (Å²) in [5, 5.41) is 6.14. The van der Waals surface area contributed by atoms with Crippen molar-refractivity contribution in [3.8, 4) is 0 Å². The standard InChI is InChI=1S/C11H18N2O4S2/c1-17-9(14)5-3-2-4-8-10-7(6-19(8,15)16)12-11(18)13-10/h7-8,10H,2-6H2,1H3,(H2,12,13,18)/t7-,8-,10-/m0/s1. The van der Waals surface area contributed by atoms with Crippen molar-refractivity contribution in [2.75, 3.05) is 12.9 Å². The topological polar surface area (TPSA) is 84.5 Å². The number of rotatable bonds is 5. The summed E-state index contributed by atoms with van der Waals surface area (Å²) in [6, 6.07) is -0.237. The third-order valence-electron chi connectivity index (χ3n) is 3.67. The Kier molecular flexibility index (Phi) is 4.29. The van der Waals surface area contributed by atoms with Gasteiger partial charge in [0.1, 0.15) is 0 Å². The van der Waals surface area contributed by atoms with Crippen LogP contribution >= 0.6 is 12.2 Å². The van der Waals surface area contributed by atoms with Crippen molar-refractivity contribution in [1.82, 2.24) is 10.6 Å². The van der Waals surface area contributed by atoms with Crippen LogP contribution in [0.25, 0.3) is 0 Å². The smallest absolute Gasteiger partial charge is 0.305 e. The Hall–Kier alpha value is -0.890. The van der Waals surface area contributed by atoms with E-state index in [0.717, 1.165) is 0 Å². The highest BCUT2D eigenvalue weighted by molar-refractivity contribution is 7.92. The summed E-state index contributed by atoms with van der Waals surface area (Å²) in [6.07, 6.45) is 2.23. The number of hydrogen-bond donors (Lipinski definition) is 2. The molecule has 0 radical (unpaired) electrons. The molecule has 0 bridgehead atoms. The molecule has 2 aliphatic heterocycles. The van der Waals surface area contributed by atoms with Gasteiger partial charge in [0, 0.05) is 6.42 Å². The van der Waals surface area contributed by atoms with E-state index in [-0.39, 0.29) is 23.8 Å². The molecule has 2 aliphatic rings. The number of carbonyl (C=O) groups excluding carboxylic acids is 1. The summed E-state index contributed by atoms with van der Waals surface area (Å²) in [4.78, 5) is 11.0. The van der Waals surface area contributed by atoms with E-state index in [1.807, 2.05) is 0 Å². The lowest BCUT2D eigenvalue weighted by atomic mass is 10.0. The van der Waals surface area contributed by atoms with E-state index in [2.05, 4.69) is 15.4 Å². The zero-order chi connectivity index (χ0) is 14.0. The van der Waals surface area contributed by atoms with Crippen molar-refractivity contribution in [2.45, 2.75) is 43.0 Å². The molecule has 0 aliphatic carbocycles. The molecular weight excluding hydrogens is 288 g/mol. The predicted molar refractivity (Wildman–Crippen MR) is 74.5 cm³/mol. The van der Waals surface area contributed by atoms with Gasteiger partial charge in [0.25, 0.3) is 0 Å². The Balaban J connectivity index is 1.87. The van der Waals surface area contributed by atoms with Crippen LogP contribution in [0, 0.1) is 0 Å². The van der Waals surface area contributed by atoms with E-state index >= 15 is 0 Å². The molecule has 2 fully saturated rings. The summed E-state index contributed by atoms with van der Waals surface area (Å²) < 4.78 is 28.7. The van der Waals surface area contributed by atoms with Gasteiger partial charge in [-0.15, -0.1) is 0 Å². The van der Waals surface area contributed by atoms with Crippen molar-refractivity contribution in [3.63, 3.8) is 0 Å². The average Bonchev–Trinajstić information content (AvgIpc) is 2.77. The quantitative estimate of drug-likeness (QED) is 0.411. The van der Waals surface area contributed by atoms with Gasteiger partial charge in [-0.3, -0.25) is 4.79 Å². The molecule has 2 saturated heterocycles. The molecule has 0 amide bonds. The van der Waals surface area contributed by atoms with Crippen LogP contribution in [0.1, 0.15) is 25.7 Å². The van der Waals surface area contributed by atoms with Crippen molar-refractivity contribution in [2.24, 2.45) is 0 Å². The van der Waals surface area contributed by atoms with E-state index in [1.165, 1.54) is 7.11 Å². The van der Waals surface area contributed by atoms with Gasteiger partial charge in [-0.05, 0) is 25.1 Å². The minimum Gasteiger partial charge on any atom is -0.469 e. The monoisotopic (exact) mass is 306 g/mol. The summed E-state index contributed by atoms with van der Waals surface area (Å²) in [5.74, 6) is -0.124. The Morgan fingerprint density at radius 2 is 2.16 bits per heavy atom. The highest BCUT2D eigenvalue weighted by Crippen LogP contribution is 2.28. The first-order valence-corrected chi connectivity index (χ1v) is 8.42. The Morgan fingerprint density at radius 1 is 1.42 bits per heavy atom. The third-order valence-corrected chi connectivity index (χ3v) is 6.18. The lowest BCUT2D eigenvalue weighted by Gasteiger charge is -2.16. The second-order valence-corrected chi connectivity index (χ2v) is 7.61. The van der Waals surface area contributed by atoms with Gasteiger partial charge in [-0.25, -0.2) is 8.42 Å². The predicted octanol–water partition coefficient (Wildman–Crippen LogP) is -0.268. The number of hydrogen-bond acceptors (Lipinski definition) is 5. The number of nitrogens with one attached hydrogen (secondary N) is 2. The van der Waals surface area contributed by atoms with Gasteiger partial charge in [-0.2, -0.15) is 0 Å². The fourth-order valence-corrected chi connectivity index (χ4v) is 5.28. The van der Waals surface area contributed by atoms with Crippen LogP contribution in [0.15, 0.2) is 0 Å². The summed E-state index contributed by atoms with van der Waals surface area (Å²) >= 11 is 5.01. The highest BCUT2D eigenvalue weighted by atomic mass is 32.2. The molecule has 2 N–H and O–H groups in total. The average molecular weight is 306 g/mol. The molecule has 108 valence electrons. The molecule has 0 aromatic rings. The maximum absolute atomic E-state index is 12.1. The Morgan fingerprint density at radius 3 is 2.84 bits per heavy atom. The van der Waals surface area contributed by atoms with E-state index < -0.39 is 15.1 Å². The number of ether oxygens (including phenoxy) is 1. The minimum atomic E-state index is -3.08. The molecule has 2 rings (SSSR count). The molecule has 0 unspecified atom stereocenters. The molecule has 8 heteroatoms. The van der Waals surface area contributed by atoms with Gasteiger partial charge in [0.05, 0.1) is 30.2 Å². The van der Waals surface area contributed by atoms with Gasteiger partial charge >= 0.3 is 5.97 Å². The molecule has 0 saturated carbocycles. The Labute approximate surface area is 118 Å². The van der Waals surface area contributed by atoms with Crippen molar-refractivity contribution in [1.29, 1.82) is 0 Å². The van der Waals surface area contributed by atoms with Crippen LogP contribution in [-0.2, 0) is 19.4 Å². The number of esters is 1. The number of sulfone groups is 1. The molecule has 3 atom stereocenters. The maximum atomic E-state index is 12.1. The summed E-state index contributed by atoms with van der Waals surface area (Å²) in [5.41, 5.74) is 0. The number of methoxy groups -OCH3 is 1. The summed E-state index contributed by atoms with van der Waals surface area (Å²) in [6.45, 7) is 0. The highest BCUT2D eigenvalue weighted by Gasteiger charge is 2.50. The molecule has 2 heterocycles. The first-order chi connectivity index (χ1) is 8.94. The number of unbranched alkanes of at least 4 members (excludes halogenated alkanes) is 1. The van der Waals surface area contributed by atoms with Crippen molar-refractivity contribution < 1.29 is 17.9 Å². The van der Waals surface area contributed by atoms with E-state index in [4.69, 9.17) is 12.2 Å². The van der Waals surface area contributed by atoms with E-state index in [1.54, 1.807) is 0 Å². The number of fused-ring (bicyclic) bond motifs is 1. The Bertz CT molecular complexity index is 477. The minimum absolute atomic E-state index is 0.108. The lowest BCUT2D eigenvalue weighted by Crippen LogP contribution is -2.38. The van der Waals surface area contributed by atoms with Crippen molar-refractivity contribution >= 4 is 33.1 Å². The first kappa shape index (κ1) is 14.5. The number of thiocarbonyl (C=S) groups is 1. The van der Waals surface area contributed by atoms with Crippen LogP contribution < -0.4 is 10.6 Å². The largest absolute Gasteiger partial charge is 0.469 e. The molecule has 0 spiro atoms. The second kappa shape index (κ2) is 5.62. The van der Waals surface area contributed by atoms with Crippen LogP contribution in [0.2, 0.25) is 0 Å². The van der Waals surface area contributed by atoms with Crippen LogP contribution in [0.3, 0.4) is 0 Å². The van der Waals surface area contributed by atoms with Gasteiger partial charge < -0.3 is 15.4 Å². The second-order valence-electron chi connectivity index (χ2n) is 4.94. The lowest BCUT2D eigenvalue weighted by molar-refractivity contribution is -0.140. The zero-order valence-corrected chi connectivity index (χ0v) is 12.4. The number of carbonyl (C=O) groups is 1. The SMILES string of the molecule is COC(=O)CCCC[C@H]1[C@H]2NC(=S)N[C@H]2CS1(=O)=O. The van der Waals surface area contributed by atoms with Crippen LogP contribution in [0.5, 0.6) is 0 Å². The first-order valence-electron chi connectivity index (χ1n) is 6.29. The molecule has 19 heavy (non-hydrogen) atoms. The fourth-order valence-electron chi connectivity index (χ4n) is 2.72. The van der Waals surface area contributed by atoms with Gasteiger partial charge in [0.2, 0.25) is 0 Å². The normalized spacial score (nSPS) is 31.4. The molecular formula is C11H18N2O4S2. The fraction of sp³-hybridized carbons (Fsp3) is 0.818. The summed E-state index contributed by atoms with van der Waals surface area (Å²) in [7, 11) is -1.73. The maximum Gasteiger partial charge on any atom is 0.305 e. The molecule has 6 nitrogen and oxygen atoms in total. The molecule has 0 aromatic heterocycles. The van der Waals surface area contributed by atoms with Crippen LogP contribution in [-0.4, -0.2) is 49.7 Å². The third kappa shape index (κ3) is 3.17. The van der Waals surface area contributed by atoms with E-state index in [0.29, 0.717) is 30.8 Å². The van der Waals surface area contributed by atoms with Crippen molar-refractivity contribution in [3.05, 3.63) is 0 Å². The van der Waals surface area contributed by atoms with Gasteiger partial charge in [-0.1, -0.05) is 6.42 Å². The van der Waals surface area contributed by atoms with Crippen LogP contribution in [0.4, 0.5) is 0 Å².